The molecular formula is C12H18BrFN2. The maximum atomic E-state index is 13.4. The SMILES string of the molecule is CCC(C)C(C)Nc1cc(F)c(Br)cc1N. The summed E-state index contributed by atoms with van der Waals surface area (Å²) >= 11 is 3.11. The van der Waals surface area contributed by atoms with Gasteiger partial charge in [0.05, 0.1) is 15.8 Å². The summed E-state index contributed by atoms with van der Waals surface area (Å²) in [6.45, 7) is 6.37. The first-order valence-electron chi connectivity index (χ1n) is 5.46. The van der Waals surface area contributed by atoms with Gasteiger partial charge >= 0.3 is 0 Å². The van der Waals surface area contributed by atoms with Gasteiger partial charge in [-0.05, 0) is 34.8 Å². The second-order valence-electron chi connectivity index (χ2n) is 4.17. The summed E-state index contributed by atoms with van der Waals surface area (Å²) in [6.07, 6.45) is 1.08. The molecule has 0 spiro atoms. The molecule has 0 amide bonds. The standard InChI is InChI=1S/C12H18BrFN2/c1-4-7(2)8(3)16-12-6-10(14)9(13)5-11(12)15/h5-8,16H,4,15H2,1-3H3. The molecule has 0 aliphatic carbocycles. The first kappa shape index (κ1) is 13.3. The van der Waals surface area contributed by atoms with Gasteiger partial charge in [-0.2, -0.15) is 0 Å². The smallest absolute Gasteiger partial charge is 0.139 e. The van der Waals surface area contributed by atoms with E-state index < -0.39 is 0 Å². The molecular weight excluding hydrogens is 271 g/mol. The van der Waals surface area contributed by atoms with Crippen molar-refractivity contribution in [1.29, 1.82) is 0 Å². The molecule has 2 unspecified atom stereocenters. The molecule has 1 rings (SSSR count). The highest BCUT2D eigenvalue weighted by Crippen LogP contribution is 2.27. The minimum Gasteiger partial charge on any atom is -0.397 e. The van der Waals surface area contributed by atoms with E-state index in [1.165, 1.54) is 6.07 Å². The van der Waals surface area contributed by atoms with Crippen LogP contribution in [0.15, 0.2) is 16.6 Å². The van der Waals surface area contributed by atoms with Crippen LogP contribution in [0.2, 0.25) is 0 Å². The molecule has 0 saturated heterocycles. The largest absolute Gasteiger partial charge is 0.397 e. The molecule has 0 fully saturated rings. The fourth-order valence-corrected chi connectivity index (χ4v) is 1.79. The first-order valence-corrected chi connectivity index (χ1v) is 6.26. The van der Waals surface area contributed by atoms with E-state index in [4.69, 9.17) is 5.73 Å². The Bertz CT molecular complexity index is 368. The van der Waals surface area contributed by atoms with Crippen molar-refractivity contribution in [3.8, 4) is 0 Å². The molecule has 2 nitrogen and oxygen atoms in total. The Labute approximate surface area is 105 Å². The zero-order valence-corrected chi connectivity index (χ0v) is 11.4. The second-order valence-corrected chi connectivity index (χ2v) is 5.03. The average Bonchev–Trinajstić information content (AvgIpc) is 2.24. The molecule has 0 saturated carbocycles. The molecule has 16 heavy (non-hydrogen) atoms. The highest BCUT2D eigenvalue weighted by Gasteiger charge is 2.12. The van der Waals surface area contributed by atoms with Crippen molar-refractivity contribution in [3.05, 3.63) is 22.4 Å². The molecule has 0 heterocycles. The quantitative estimate of drug-likeness (QED) is 0.822. The van der Waals surface area contributed by atoms with Crippen molar-refractivity contribution in [2.75, 3.05) is 11.1 Å². The van der Waals surface area contributed by atoms with Crippen LogP contribution in [0.5, 0.6) is 0 Å². The minimum absolute atomic E-state index is 0.271. The van der Waals surface area contributed by atoms with Gasteiger partial charge in [-0.25, -0.2) is 4.39 Å². The molecule has 1 aromatic rings. The number of benzene rings is 1. The fourth-order valence-electron chi connectivity index (χ4n) is 1.43. The first-order chi connectivity index (χ1) is 7.45. The Hall–Kier alpha value is -0.770. The second kappa shape index (κ2) is 5.53. The lowest BCUT2D eigenvalue weighted by Crippen LogP contribution is -2.23. The van der Waals surface area contributed by atoms with Crippen LogP contribution in [0.25, 0.3) is 0 Å². The van der Waals surface area contributed by atoms with Crippen LogP contribution in [-0.2, 0) is 0 Å². The Balaban J connectivity index is 2.85. The number of nitrogen functional groups attached to an aromatic ring is 1. The van der Waals surface area contributed by atoms with Crippen LogP contribution in [0.1, 0.15) is 27.2 Å². The third kappa shape index (κ3) is 3.11. The lowest BCUT2D eigenvalue weighted by atomic mass is 10.0. The summed E-state index contributed by atoms with van der Waals surface area (Å²) in [6, 6.07) is 3.28. The van der Waals surface area contributed by atoms with E-state index >= 15 is 0 Å². The summed E-state index contributed by atoms with van der Waals surface area (Å²) in [5.41, 5.74) is 7.04. The van der Waals surface area contributed by atoms with E-state index in [9.17, 15) is 4.39 Å². The number of nitrogens with one attached hydrogen (secondary N) is 1. The molecule has 0 aliphatic rings. The lowest BCUT2D eigenvalue weighted by Gasteiger charge is -2.22. The van der Waals surface area contributed by atoms with Crippen molar-refractivity contribution in [2.45, 2.75) is 33.2 Å². The van der Waals surface area contributed by atoms with E-state index in [1.807, 2.05) is 0 Å². The van der Waals surface area contributed by atoms with E-state index in [1.54, 1.807) is 6.07 Å². The van der Waals surface area contributed by atoms with E-state index in [-0.39, 0.29) is 11.9 Å². The highest BCUT2D eigenvalue weighted by atomic mass is 79.9. The van der Waals surface area contributed by atoms with Gasteiger partial charge in [0.25, 0.3) is 0 Å². The van der Waals surface area contributed by atoms with E-state index in [0.29, 0.717) is 21.8 Å². The summed E-state index contributed by atoms with van der Waals surface area (Å²) in [5, 5.41) is 3.24. The normalized spacial score (nSPS) is 14.6. The molecule has 0 aliphatic heterocycles. The van der Waals surface area contributed by atoms with Gasteiger partial charge in [-0.1, -0.05) is 20.3 Å². The molecule has 0 radical (unpaired) electrons. The van der Waals surface area contributed by atoms with Crippen LogP contribution in [0.4, 0.5) is 15.8 Å². The number of halogens is 2. The Kier molecular flexibility index (Phi) is 4.59. The van der Waals surface area contributed by atoms with Gasteiger partial charge in [0, 0.05) is 12.1 Å². The number of nitrogens with two attached hydrogens (primary N) is 1. The Morgan fingerprint density at radius 2 is 2.06 bits per heavy atom. The zero-order chi connectivity index (χ0) is 12.3. The van der Waals surface area contributed by atoms with Crippen molar-refractivity contribution in [1.82, 2.24) is 0 Å². The topological polar surface area (TPSA) is 38.0 Å². The van der Waals surface area contributed by atoms with Gasteiger partial charge in [-0.3, -0.25) is 0 Å². The number of rotatable bonds is 4. The molecule has 90 valence electrons. The number of anilines is 2. The van der Waals surface area contributed by atoms with Gasteiger partial charge < -0.3 is 11.1 Å². The zero-order valence-electron chi connectivity index (χ0n) is 9.85. The molecule has 4 heteroatoms. The van der Waals surface area contributed by atoms with Crippen molar-refractivity contribution in [2.24, 2.45) is 5.92 Å². The number of hydrogen-bond acceptors (Lipinski definition) is 2. The monoisotopic (exact) mass is 288 g/mol. The predicted octanol–water partition coefficient (Wildman–Crippen LogP) is 4.02. The molecule has 3 N–H and O–H groups in total. The summed E-state index contributed by atoms with van der Waals surface area (Å²) in [4.78, 5) is 0. The van der Waals surface area contributed by atoms with E-state index in [0.717, 1.165) is 6.42 Å². The third-order valence-electron chi connectivity index (χ3n) is 2.97. The van der Waals surface area contributed by atoms with Gasteiger partial charge in [-0.15, -0.1) is 0 Å². The lowest BCUT2D eigenvalue weighted by molar-refractivity contribution is 0.494. The molecule has 0 bridgehead atoms. The highest BCUT2D eigenvalue weighted by molar-refractivity contribution is 9.10. The van der Waals surface area contributed by atoms with Crippen LogP contribution in [0.3, 0.4) is 0 Å². The van der Waals surface area contributed by atoms with Gasteiger partial charge in [0.1, 0.15) is 5.82 Å². The predicted molar refractivity (Wildman–Crippen MR) is 71.1 cm³/mol. The van der Waals surface area contributed by atoms with Gasteiger partial charge in [0.15, 0.2) is 0 Å². The molecule has 0 aromatic heterocycles. The third-order valence-corrected chi connectivity index (χ3v) is 3.58. The van der Waals surface area contributed by atoms with Crippen LogP contribution >= 0.6 is 15.9 Å². The van der Waals surface area contributed by atoms with Crippen LogP contribution in [0, 0.1) is 11.7 Å². The van der Waals surface area contributed by atoms with Crippen LogP contribution < -0.4 is 11.1 Å². The maximum Gasteiger partial charge on any atom is 0.139 e. The van der Waals surface area contributed by atoms with Crippen molar-refractivity contribution in [3.63, 3.8) is 0 Å². The Morgan fingerprint density at radius 3 is 2.62 bits per heavy atom. The van der Waals surface area contributed by atoms with Gasteiger partial charge in [0.2, 0.25) is 0 Å². The maximum absolute atomic E-state index is 13.4. The summed E-state index contributed by atoms with van der Waals surface area (Å²) in [5.74, 6) is 0.221. The molecule has 2 atom stereocenters. The molecule has 1 aromatic carbocycles. The Morgan fingerprint density at radius 1 is 1.44 bits per heavy atom. The van der Waals surface area contributed by atoms with Crippen molar-refractivity contribution < 1.29 is 4.39 Å². The van der Waals surface area contributed by atoms with Crippen molar-refractivity contribution >= 4 is 27.3 Å². The summed E-state index contributed by atoms with van der Waals surface area (Å²) in [7, 11) is 0. The van der Waals surface area contributed by atoms with E-state index in [2.05, 4.69) is 42.0 Å². The fraction of sp³-hybridized carbons (Fsp3) is 0.500. The number of hydrogen-bond donors (Lipinski definition) is 2. The minimum atomic E-state index is -0.298. The van der Waals surface area contributed by atoms with Crippen LogP contribution in [-0.4, -0.2) is 6.04 Å². The summed E-state index contributed by atoms with van der Waals surface area (Å²) < 4.78 is 13.7. The average molecular weight is 289 g/mol.